The van der Waals surface area contributed by atoms with Gasteiger partial charge >= 0.3 is 0 Å². The lowest BCUT2D eigenvalue weighted by Crippen LogP contribution is -2.21. The minimum Gasteiger partial charge on any atom is -0.496 e. The van der Waals surface area contributed by atoms with E-state index in [1.54, 1.807) is 24.3 Å². The third-order valence-electron chi connectivity index (χ3n) is 5.59. The number of fused-ring (bicyclic) bond motifs is 1. The first kappa shape index (κ1) is 24.8. The average molecular weight is 558 g/mol. The van der Waals surface area contributed by atoms with Gasteiger partial charge in [0.15, 0.2) is 0 Å². The van der Waals surface area contributed by atoms with Crippen LogP contribution < -0.4 is 15.0 Å². The Kier molecular flexibility index (Phi) is 6.40. The summed E-state index contributed by atoms with van der Waals surface area (Å²) in [5.74, 6) is -0.0283. The Labute approximate surface area is 219 Å². The second-order valence-electron chi connectivity index (χ2n) is 7.88. The van der Waals surface area contributed by atoms with Gasteiger partial charge in [0.05, 0.1) is 17.4 Å². The van der Waals surface area contributed by atoms with Crippen LogP contribution >= 0.6 is 22.9 Å². The van der Waals surface area contributed by atoms with Gasteiger partial charge in [-0.05, 0) is 42.0 Å². The van der Waals surface area contributed by atoms with Crippen LogP contribution in [0.15, 0.2) is 69.8 Å². The molecule has 3 aromatic carbocycles. The lowest BCUT2D eigenvalue weighted by Gasteiger charge is -2.15. The number of aromatic nitrogens is 4. The van der Waals surface area contributed by atoms with Crippen molar-refractivity contribution in [3.05, 3.63) is 81.3 Å². The molecule has 0 radical (unpaired) electrons. The monoisotopic (exact) mass is 557 g/mol. The Hall–Kier alpha value is -3.87. The quantitative estimate of drug-likeness (QED) is 0.321. The van der Waals surface area contributed by atoms with Crippen LogP contribution in [0.3, 0.4) is 0 Å². The molecule has 0 fully saturated rings. The van der Waals surface area contributed by atoms with E-state index in [-0.39, 0.29) is 15.4 Å². The van der Waals surface area contributed by atoms with Gasteiger partial charge in [-0.15, -0.1) is 10.2 Å². The zero-order valence-electron chi connectivity index (χ0n) is 19.3. The van der Waals surface area contributed by atoms with Crippen molar-refractivity contribution >= 4 is 48.9 Å². The number of halogens is 2. The number of hydrogen-bond donors (Lipinski definition) is 1. The summed E-state index contributed by atoms with van der Waals surface area (Å²) >= 11 is 7.62. The average Bonchev–Trinajstić information content (AvgIpc) is 3.38. The molecule has 0 unspecified atom stereocenters. The number of benzene rings is 3. The van der Waals surface area contributed by atoms with Gasteiger partial charge in [-0.1, -0.05) is 41.1 Å². The van der Waals surface area contributed by atoms with E-state index in [4.69, 9.17) is 16.3 Å². The highest BCUT2D eigenvalue weighted by molar-refractivity contribution is 7.93. The highest BCUT2D eigenvalue weighted by Crippen LogP contribution is 2.40. The molecule has 0 amide bonds. The fraction of sp³-hybridized carbons (Fsp3) is 0.0833. The summed E-state index contributed by atoms with van der Waals surface area (Å²) < 4.78 is 48.6. The molecule has 5 aromatic rings. The Morgan fingerprint density at radius 3 is 2.59 bits per heavy atom. The number of sulfonamides is 1. The molecule has 5 rings (SSSR count). The highest BCUT2D eigenvalue weighted by atomic mass is 35.5. The van der Waals surface area contributed by atoms with Crippen LogP contribution in [-0.4, -0.2) is 35.5 Å². The van der Waals surface area contributed by atoms with Gasteiger partial charge < -0.3 is 4.74 Å². The van der Waals surface area contributed by atoms with Gasteiger partial charge in [0.1, 0.15) is 22.8 Å². The minimum atomic E-state index is -4.03. The van der Waals surface area contributed by atoms with Gasteiger partial charge in [0.2, 0.25) is 5.13 Å². The van der Waals surface area contributed by atoms with Crippen molar-refractivity contribution in [2.24, 2.45) is 7.05 Å². The van der Waals surface area contributed by atoms with E-state index in [0.717, 1.165) is 16.0 Å². The Morgan fingerprint density at radius 1 is 1.08 bits per heavy atom. The third kappa shape index (κ3) is 4.66. The summed E-state index contributed by atoms with van der Waals surface area (Å²) in [4.78, 5) is 12.8. The number of anilines is 1. The molecule has 13 heteroatoms. The molecule has 0 aliphatic carbocycles. The van der Waals surface area contributed by atoms with Gasteiger partial charge in [-0.3, -0.25) is 9.52 Å². The maximum atomic E-state index is 13.8. The lowest BCUT2D eigenvalue weighted by molar-refractivity contribution is 0.416. The number of methoxy groups -OCH3 is 1. The fourth-order valence-electron chi connectivity index (χ4n) is 3.87. The number of ether oxygens (including phenoxy) is 1. The van der Waals surface area contributed by atoms with Gasteiger partial charge in [-0.2, -0.15) is 5.10 Å². The zero-order valence-corrected chi connectivity index (χ0v) is 21.7. The van der Waals surface area contributed by atoms with Crippen LogP contribution in [0.2, 0.25) is 5.02 Å². The molecule has 0 spiro atoms. The molecule has 1 N–H and O–H groups in total. The molecule has 37 heavy (non-hydrogen) atoms. The Morgan fingerprint density at radius 2 is 1.89 bits per heavy atom. The van der Waals surface area contributed by atoms with Crippen LogP contribution in [0.1, 0.15) is 0 Å². The number of hydrogen-bond acceptors (Lipinski definition) is 8. The molecule has 0 saturated heterocycles. The standard InChI is InChI=1S/C24H17ClFN5O4S2/c1-31-23(32)18-9-15(37(33,34)30-24-28-27-12-36-24)6-7-16(18)22(29-31)19-10-20(25)17(11-21(19)35-2)13-4-3-5-14(26)8-13/h3-12H,1-2H3,(H,28,30). The number of rotatable bonds is 6. The third-order valence-corrected chi connectivity index (χ3v) is 7.98. The molecule has 0 aliphatic heterocycles. The second kappa shape index (κ2) is 9.54. The Balaban J connectivity index is 1.68. The smallest absolute Gasteiger partial charge is 0.274 e. The molecule has 0 atom stereocenters. The normalized spacial score (nSPS) is 11.6. The van der Waals surface area contributed by atoms with Crippen molar-refractivity contribution < 1.29 is 17.5 Å². The van der Waals surface area contributed by atoms with Crippen molar-refractivity contribution in [2.45, 2.75) is 4.90 Å². The largest absolute Gasteiger partial charge is 0.496 e. The molecule has 0 aliphatic rings. The van der Waals surface area contributed by atoms with E-state index in [2.05, 4.69) is 20.0 Å². The summed E-state index contributed by atoms with van der Waals surface area (Å²) in [6, 6.07) is 13.4. The fourth-order valence-corrected chi connectivity index (χ4v) is 5.86. The molecule has 0 bridgehead atoms. The van der Waals surface area contributed by atoms with Crippen molar-refractivity contribution in [1.82, 2.24) is 20.0 Å². The molecular formula is C24H17ClFN5O4S2. The molecule has 2 aromatic heterocycles. The first-order valence-electron chi connectivity index (χ1n) is 10.6. The predicted octanol–water partition coefficient (Wildman–Crippen LogP) is 4.72. The molecule has 2 heterocycles. The zero-order chi connectivity index (χ0) is 26.3. The van der Waals surface area contributed by atoms with Gasteiger partial charge in [-0.25, -0.2) is 17.5 Å². The van der Waals surface area contributed by atoms with E-state index in [0.29, 0.717) is 38.5 Å². The number of aryl methyl sites for hydroxylation is 1. The molecule has 9 nitrogen and oxygen atoms in total. The van der Waals surface area contributed by atoms with E-state index < -0.39 is 21.4 Å². The van der Waals surface area contributed by atoms with Crippen molar-refractivity contribution in [2.75, 3.05) is 11.8 Å². The van der Waals surface area contributed by atoms with Crippen LogP contribution in [0.25, 0.3) is 33.2 Å². The summed E-state index contributed by atoms with van der Waals surface area (Å²) in [5.41, 5.74) is 2.83. The predicted molar refractivity (Wildman–Crippen MR) is 140 cm³/mol. The minimum absolute atomic E-state index is 0.0983. The lowest BCUT2D eigenvalue weighted by atomic mass is 9.99. The summed E-state index contributed by atoms with van der Waals surface area (Å²) in [6.45, 7) is 0. The highest BCUT2D eigenvalue weighted by Gasteiger charge is 2.21. The Bertz CT molecular complexity index is 1830. The van der Waals surface area contributed by atoms with Crippen LogP contribution in [0.5, 0.6) is 5.75 Å². The number of nitrogens with zero attached hydrogens (tertiary/aromatic N) is 4. The van der Waals surface area contributed by atoms with Crippen molar-refractivity contribution in [1.29, 1.82) is 0 Å². The SMILES string of the molecule is COc1cc(-c2cccc(F)c2)c(Cl)cc1-c1nn(C)c(=O)c2cc(S(=O)(=O)Nc3nncs3)ccc12. The van der Waals surface area contributed by atoms with Gasteiger partial charge in [0.25, 0.3) is 15.6 Å². The van der Waals surface area contributed by atoms with Crippen molar-refractivity contribution in [3.63, 3.8) is 0 Å². The maximum absolute atomic E-state index is 13.8. The van der Waals surface area contributed by atoms with E-state index >= 15 is 0 Å². The topological polar surface area (TPSA) is 116 Å². The van der Waals surface area contributed by atoms with Crippen LogP contribution in [0, 0.1) is 5.82 Å². The van der Waals surface area contributed by atoms with E-state index in [1.807, 2.05) is 0 Å². The van der Waals surface area contributed by atoms with Gasteiger partial charge in [0, 0.05) is 28.6 Å². The number of nitrogens with one attached hydrogen (secondary N) is 1. The van der Waals surface area contributed by atoms with E-state index in [9.17, 15) is 17.6 Å². The first-order chi connectivity index (χ1) is 17.7. The van der Waals surface area contributed by atoms with E-state index in [1.165, 1.54) is 50.0 Å². The van der Waals surface area contributed by atoms with Crippen molar-refractivity contribution in [3.8, 4) is 28.1 Å². The second-order valence-corrected chi connectivity index (χ2v) is 10.8. The summed E-state index contributed by atoms with van der Waals surface area (Å²) in [7, 11) is -1.10. The van der Waals surface area contributed by atoms with Crippen LogP contribution in [-0.2, 0) is 17.1 Å². The maximum Gasteiger partial charge on any atom is 0.274 e. The molecule has 0 saturated carbocycles. The summed E-state index contributed by atoms with van der Waals surface area (Å²) in [6.07, 6.45) is 0. The molecular weight excluding hydrogens is 541 g/mol. The van der Waals surface area contributed by atoms with Crippen LogP contribution in [0.4, 0.5) is 9.52 Å². The summed E-state index contributed by atoms with van der Waals surface area (Å²) in [5, 5.41) is 12.6. The first-order valence-corrected chi connectivity index (χ1v) is 13.4. The molecule has 188 valence electrons.